The third-order valence-corrected chi connectivity index (χ3v) is 5.37. The van der Waals surface area contributed by atoms with Gasteiger partial charge in [-0.05, 0) is 45.4 Å². The Balaban J connectivity index is 1.54. The molecule has 1 N–H and O–H groups in total. The van der Waals surface area contributed by atoms with E-state index in [0.29, 0.717) is 6.54 Å². The summed E-state index contributed by atoms with van der Waals surface area (Å²) in [6.45, 7) is 5.62. The minimum atomic E-state index is -0.313. The van der Waals surface area contributed by atoms with Gasteiger partial charge in [-0.2, -0.15) is 0 Å². The van der Waals surface area contributed by atoms with Gasteiger partial charge in [-0.3, -0.25) is 9.88 Å². The molecule has 1 aliphatic rings. The van der Waals surface area contributed by atoms with Crippen molar-refractivity contribution in [2.45, 2.75) is 39.3 Å². The molecule has 0 amide bonds. The predicted molar refractivity (Wildman–Crippen MR) is 103 cm³/mol. The monoisotopic (exact) mass is 384 g/mol. The summed E-state index contributed by atoms with van der Waals surface area (Å²) in [6.07, 6.45) is 5.19. The molecule has 1 saturated heterocycles. The van der Waals surface area contributed by atoms with E-state index in [9.17, 15) is 4.39 Å². The lowest BCUT2D eigenvalue weighted by Gasteiger charge is -2.23. The number of hydrogen-bond acceptors (Lipinski definition) is 7. The lowest BCUT2D eigenvalue weighted by molar-refractivity contribution is 0.237. The first-order valence-corrected chi connectivity index (χ1v) is 9.78. The molecule has 0 saturated carbocycles. The lowest BCUT2D eigenvalue weighted by Crippen LogP contribution is -2.25. The zero-order valence-electron chi connectivity index (χ0n) is 15.3. The van der Waals surface area contributed by atoms with Crippen LogP contribution in [0.5, 0.6) is 0 Å². The Bertz CT molecular complexity index is 926. The number of anilines is 2. The van der Waals surface area contributed by atoms with Gasteiger partial charge in [0.2, 0.25) is 0 Å². The summed E-state index contributed by atoms with van der Waals surface area (Å²) in [6, 6.07) is 5.25. The second kappa shape index (κ2) is 7.66. The molecule has 8 heteroatoms. The van der Waals surface area contributed by atoms with Crippen molar-refractivity contribution < 1.29 is 4.39 Å². The number of nitrogens with zero attached hydrogens (tertiary/aromatic N) is 5. The molecule has 27 heavy (non-hydrogen) atoms. The third kappa shape index (κ3) is 4.28. The van der Waals surface area contributed by atoms with E-state index in [-0.39, 0.29) is 11.9 Å². The number of halogens is 1. The quantitative estimate of drug-likeness (QED) is 0.712. The van der Waals surface area contributed by atoms with E-state index < -0.39 is 0 Å². The van der Waals surface area contributed by atoms with Crippen LogP contribution in [0.1, 0.15) is 41.0 Å². The number of aromatic nitrogens is 4. The van der Waals surface area contributed by atoms with Crippen molar-refractivity contribution in [2.75, 3.05) is 11.9 Å². The maximum atomic E-state index is 13.1. The molecule has 0 aliphatic carbocycles. The zero-order valence-corrected chi connectivity index (χ0v) is 16.1. The molecule has 6 nitrogen and oxygen atoms in total. The van der Waals surface area contributed by atoms with Gasteiger partial charge in [0.05, 0.1) is 17.9 Å². The van der Waals surface area contributed by atoms with Crippen LogP contribution in [0.15, 0.2) is 30.6 Å². The van der Waals surface area contributed by atoms with Crippen LogP contribution < -0.4 is 5.32 Å². The first-order valence-electron chi connectivity index (χ1n) is 8.96. The summed E-state index contributed by atoms with van der Waals surface area (Å²) in [5.74, 6) is 1.26. The predicted octanol–water partition coefficient (Wildman–Crippen LogP) is 4.16. The second-order valence-corrected chi connectivity index (χ2v) is 7.98. The molecule has 4 heterocycles. The van der Waals surface area contributed by atoms with Gasteiger partial charge < -0.3 is 5.32 Å². The topological polar surface area (TPSA) is 66.8 Å². The highest BCUT2D eigenvalue weighted by atomic mass is 32.1. The van der Waals surface area contributed by atoms with Crippen LogP contribution in [0.2, 0.25) is 0 Å². The normalized spacial score (nSPS) is 17.4. The summed E-state index contributed by atoms with van der Waals surface area (Å²) in [7, 11) is 0. The van der Waals surface area contributed by atoms with Crippen molar-refractivity contribution >= 4 is 22.3 Å². The highest BCUT2D eigenvalue weighted by molar-refractivity contribution is 7.15. The Morgan fingerprint density at radius 1 is 1.22 bits per heavy atom. The molecule has 0 spiro atoms. The van der Waals surface area contributed by atoms with Crippen molar-refractivity contribution in [3.63, 3.8) is 0 Å². The van der Waals surface area contributed by atoms with Crippen LogP contribution in [-0.2, 0) is 6.54 Å². The summed E-state index contributed by atoms with van der Waals surface area (Å²) >= 11 is 1.60. The lowest BCUT2D eigenvalue weighted by atomic mass is 10.2. The van der Waals surface area contributed by atoms with E-state index in [1.807, 2.05) is 26.1 Å². The van der Waals surface area contributed by atoms with Crippen LogP contribution in [0.3, 0.4) is 0 Å². The number of nitrogens with one attached hydrogen (secondary N) is 1. The van der Waals surface area contributed by atoms with E-state index in [2.05, 4.69) is 25.2 Å². The van der Waals surface area contributed by atoms with Gasteiger partial charge in [0.25, 0.3) is 0 Å². The Hall–Kier alpha value is -2.45. The summed E-state index contributed by atoms with van der Waals surface area (Å²) < 4.78 is 13.1. The maximum Gasteiger partial charge on any atom is 0.188 e. The number of aryl methyl sites for hydroxylation is 2. The fraction of sp³-hybridized carbons (Fsp3) is 0.368. The average molecular weight is 384 g/mol. The summed E-state index contributed by atoms with van der Waals surface area (Å²) in [5.41, 5.74) is 1.77. The Morgan fingerprint density at radius 2 is 2.11 bits per heavy atom. The van der Waals surface area contributed by atoms with E-state index in [1.165, 1.54) is 12.3 Å². The Kier molecular flexibility index (Phi) is 5.09. The number of hydrogen-bond donors (Lipinski definition) is 1. The van der Waals surface area contributed by atoms with Crippen molar-refractivity contribution in [1.82, 2.24) is 24.8 Å². The van der Waals surface area contributed by atoms with Gasteiger partial charge in [0.15, 0.2) is 5.13 Å². The molecule has 1 atom stereocenters. The number of thiazole rings is 1. The number of likely N-dealkylation sites (tertiary alicyclic amines) is 1. The van der Waals surface area contributed by atoms with Crippen molar-refractivity contribution in [1.29, 1.82) is 0 Å². The molecule has 1 fully saturated rings. The zero-order chi connectivity index (χ0) is 18.8. The van der Waals surface area contributed by atoms with Gasteiger partial charge >= 0.3 is 0 Å². The fourth-order valence-corrected chi connectivity index (χ4v) is 4.01. The Labute approximate surface area is 161 Å². The summed E-state index contributed by atoms with van der Waals surface area (Å²) in [5, 5.41) is 4.11. The van der Waals surface area contributed by atoms with Gasteiger partial charge in [-0.15, -0.1) is 11.3 Å². The molecule has 3 aromatic heterocycles. The first-order chi connectivity index (χ1) is 13.1. The first kappa shape index (κ1) is 17.9. The smallest absolute Gasteiger partial charge is 0.188 e. The fourth-order valence-electron chi connectivity index (χ4n) is 3.34. The van der Waals surface area contributed by atoms with Gasteiger partial charge in [-0.1, -0.05) is 0 Å². The second-order valence-electron chi connectivity index (χ2n) is 6.75. The van der Waals surface area contributed by atoms with Crippen LogP contribution >= 0.6 is 11.3 Å². The molecule has 0 radical (unpaired) electrons. The van der Waals surface area contributed by atoms with Gasteiger partial charge in [0.1, 0.15) is 17.5 Å². The largest absolute Gasteiger partial charge is 0.316 e. The van der Waals surface area contributed by atoms with E-state index >= 15 is 0 Å². The molecule has 140 valence electrons. The van der Waals surface area contributed by atoms with Crippen LogP contribution in [0.25, 0.3) is 0 Å². The minimum absolute atomic E-state index is 0.135. The van der Waals surface area contributed by atoms with Crippen LogP contribution in [0.4, 0.5) is 15.3 Å². The van der Waals surface area contributed by atoms with Crippen LogP contribution in [-0.4, -0.2) is 31.4 Å². The summed E-state index contributed by atoms with van der Waals surface area (Å²) in [4.78, 5) is 21.4. The molecule has 4 rings (SSSR count). The molecule has 0 aromatic carbocycles. The minimum Gasteiger partial charge on any atom is -0.316 e. The van der Waals surface area contributed by atoms with Crippen molar-refractivity contribution in [2.24, 2.45) is 0 Å². The third-order valence-electron chi connectivity index (χ3n) is 4.54. The molecular formula is C19H21FN6S. The van der Waals surface area contributed by atoms with E-state index in [1.54, 1.807) is 17.4 Å². The molecular weight excluding hydrogens is 363 g/mol. The number of pyridine rings is 1. The molecule has 3 aromatic rings. The van der Waals surface area contributed by atoms with Crippen molar-refractivity contribution in [3.05, 3.63) is 58.5 Å². The maximum absolute atomic E-state index is 13.1. The van der Waals surface area contributed by atoms with Crippen molar-refractivity contribution in [3.8, 4) is 0 Å². The average Bonchev–Trinajstić information content (AvgIpc) is 3.25. The standard InChI is InChI=1S/C19H21FN6S/c1-12-8-17(25-19-22-9-13(2)27-19)24-18(23-12)16-4-3-7-26(16)11-15-6-5-14(20)10-21-15/h5-6,8-10,16H,3-4,7,11H2,1-2H3,(H,22,23,24,25)/t16-/m0/s1. The molecule has 0 unspecified atom stereocenters. The number of rotatable bonds is 5. The SMILES string of the molecule is Cc1cc(Nc2ncc(C)s2)nc([C@@H]2CCCN2Cc2ccc(F)cn2)n1. The highest BCUT2D eigenvalue weighted by Gasteiger charge is 2.29. The molecule has 1 aliphatic heterocycles. The Morgan fingerprint density at radius 3 is 2.85 bits per heavy atom. The van der Waals surface area contributed by atoms with E-state index in [4.69, 9.17) is 4.98 Å². The van der Waals surface area contributed by atoms with E-state index in [0.717, 1.165) is 52.4 Å². The van der Waals surface area contributed by atoms with Crippen LogP contribution in [0, 0.1) is 19.7 Å². The van der Waals surface area contributed by atoms with Gasteiger partial charge in [0, 0.05) is 29.4 Å². The van der Waals surface area contributed by atoms with Gasteiger partial charge in [-0.25, -0.2) is 19.3 Å². The molecule has 0 bridgehead atoms. The highest BCUT2D eigenvalue weighted by Crippen LogP contribution is 2.32.